The van der Waals surface area contributed by atoms with Crippen molar-refractivity contribution in [1.29, 1.82) is 0 Å². The predicted molar refractivity (Wildman–Crippen MR) is 221 cm³/mol. The average molecular weight is 729 g/mol. The molecule has 0 spiro atoms. The number of carbonyl (C=O) groups is 2. The van der Waals surface area contributed by atoms with Crippen LogP contribution in [-0.4, -0.2) is 20.7 Å². The second kappa shape index (κ2) is 11.3. The van der Waals surface area contributed by atoms with Crippen LogP contribution in [0.5, 0.6) is 0 Å². The number of carbonyl (C=O) groups excluding carboxylic acids is 2. The molecule has 6 heteroatoms. The number of fused-ring (bicyclic) bond motifs is 8. The molecule has 0 radical (unpaired) electrons. The molecule has 270 valence electrons. The molecule has 6 nitrogen and oxygen atoms in total. The Bertz CT molecular complexity index is 3030. The molecule has 7 aromatic carbocycles. The molecule has 0 unspecified atom stereocenters. The van der Waals surface area contributed by atoms with E-state index < -0.39 is 0 Å². The van der Waals surface area contributed by atoms with Crippen LogP contribution in [0.15, 0.2) is 154 Å². The van der Waals surface area contributed by atoms with Gasteiger partial charge < -0.3 is 18.0 Å². The molecule has 9 aromatic rings. The van der Waals surface area contributed by atoms with Crippen LogP contribution in [0.3, 0.4) is 0 Å². The Kier molecular flexibility index (Phi) is 6.56. The van der Waals surface area contributed by atoms with E-state index in [1.165, 1.54) is 0 Å². The van der Waals surface area contributed by atoms with Crippen LogP contribution in [-0.2, 0) is 10.8 Å². The second-order valence-corrected chi connectivity index (χ2v) is 16.1. The number of para-hydroxylation sites is 4. The van der Waals surface area contributed by atoms with Gasteiger partial charge in [-0.2, -0.15) is 0 Å². The minimum Gasteiger partial charge on any atom is -0.453 e. The van der Waals surface area contributed by atoms with Gasteiger partial charge in [-0.3, -0.25) is 9.59 Å². The maximum absolute atomic E-state index is 14.1. The van der Waals surface area contributed by atoms with Gasteiger partial charge in [-0.1, -0.05) is 113 Å². The molecule has 0 N–H and O–H groups in total. The Morgan fingerprint density at radius 3 is 1.20 bits per heavy atom. The molecule has 2 heterocycles. The Morgan fingerprint density at radius 1 is 0.375 bits per heavy atom. The number of benzene rings is 7. The van der Waals surface area contributed by atoms with Gasteiger partial charge in [0.25, 0.3) is 0 Å². The fraction of sp³-hybridized carbons (Fsp3) is 0.120. The standard InChI is InChI=1S/C50H36N2O4/c1-49(2)35-15-7-5-13-31(35)47(53)33-25-29(21-23-37(33)49)51-39-17-9-11-19-43(39)55-45-28-42-46(27-41(45)51)56-44-20-12-10-18-40(44)52(42)30-22-24-38-34(26-30)48(54)32-14-6-8-16-36(32)50(38,3)4/h5-28H,1-4H3. The van der Waals surface area contributed by atoms with Crippen LogP contribution >= 0.6 is 0 Å². The van der Waals surface area contributed by atoms with Gasteiger partial charge in [0.1, 0.15) is 0 Å². The summed E-state index contributed by atoms with van der Waals surface area (Å²) in [6, 6.07) is 48.2. The third-order valence-electron chi connectivity index (χ3n) is 12.2. The highest BCUT2D eigenvalue weighted by Crippen LogP contribution is 2.44. The molecule has 0 bridgehead atoms. The van der Waals surface area contributed by atoms with E-state index in [0.717, 1.165) is 66.8 Å². The minimum atomic E-state index is -0.344. The Hall–Kier alpha value is -6.92. The molecule has 0 atom stereocenters. The molecule has 11 rings (SSSR count). The molecule has 0 aliphatic heterocycles. The number of ketones is 2. The average Bonchev–Trinajstić information content (AvgIpc) is 3.22. The molecule has 0 amide bonds. The van der Waals surface area contributed by atoms with E-state index in [9.17, 15) is 9.59 Å². The highest BCUT2D eigenvalue weighted by atomic mass is 16.3. The maximum atomic E-state index is 14.1. The second-order valence-electron chi connectivity index (χ2n) is 16.1. The van der Waals surface area contributed by atoms with Crippen LogP contribution < -0.4 is 0 Å². The smallest absolute Gasteiger partial charge is 0.193 e. The lowest BCUT2D eigenvalue weighted by molar-refractivity contribution is 0.102. The fourth-order valence-electron chi connectivity index (χ4n) is 9.40. The van der Waals surface area contributed by atoms with Crippen molar-refractivity contribution in [1.82, 2.24) is 9.13 Å². The van der Waals surface area contributed by atoms with Crippen LogP contribution in [0.25, 0.3) is 55.8 Å². The van der Waals surface area contributed by atoms with Crippen molar-refractivity contribution in [2.75, 3.05) is 0 Å². The highest BCUT2D eigenvalue weighted by Gasteiger charge is 2.38. The first kappa shape index (κ1) is 32.5. The first-order chi connectivity index (χ1) is 27.1. The van der Waals surface area contributed by atoms with Gasteiger partial charge in [0, 0.05) is 56.6 Å². The van der Waals surface area contributed by atoms with Gasteiger partial charge in [-0.05, 0) is 70.8 Å². The number of rotatable bonds is 2. The summed E-state index contributed by atoms with van der Waals surface area (Å²) in [6.07, 6.45) is 0. The van der Waals surface area contributed by atoms with E-state index in [1.807, 2.05) is 109 Å². The molecule has 0 saturated carbocycles. The molecule has 2 aliphatic rings. The fourth-order valence-corrected chi connectivity index (χ4v) is 9.40. The van der Waals surface area contributed by atoms with Crippen LogP contribution in [0.4, 0.5) is 0 Å². The van der Waals surface area contributed by atoms with Gasteiger partial charge in [0.2, 0.25) is 0 Å². The van der Waals surface area contributed by atoms with Crippen molar-refractivity contribution >= 4 is 56.0 Å². The monoisotopic (exact) mass is 728 g/mol. The Labute approximate surface area is 322 Å². The number of hydrogen-bond acceptors (Lipinski definition) is 4. The third kappa shape index (κ3) is 4.38. The van der Waals surface area contributed by atoms with Crippen LogP contribution in [0.2, 0.25) is 0 Å². The summed E-state index contributed by atoms with van der Waals surface area (Å²) in [6.45, 7) is 8.73. The van der Waals surface area contributed by atoms with Crippen molar-refractivity contribution in [3.05, 3.63) is 190 Å². The van der Waals surface area contributed by atoms with E-state index in [2.05, 4.69) is 73.2 Å². The van der Waals surface area contributed by atoms with Gasteiger partial charge in [-0.25, -0.2) is 0 Å². The molecule has 0 saturated heterocycles. The largest absolute Gasteiger partial charge is 0.453 e. The molecule has 56 heavy (non-hydrogen) atoms. The van der Waals surface area contributed by atoms with Crippen molar-refractivity contribution < 1.29 is 18.4 Å². The summed E-state index contributed by atoms with van der Waals surface area (Å²) in [5, 5.41) is 0. The summed E-state index contributed by atoms with van der Waals surface area (Å²) < 4.78 is 17.7. The van der Waals surface area contributed by atoms with Gasteiger partial charge in [0.15, 0.2) is 33.9 Å². The topological polar surface area (TPSA) is 70.3 Å². The Balaban J connectivity index is 1.17. The Morgan fingerprint density at radius 2 is 0.750 bits per heavy atom. The van der Waals surface area contributed by atoms with Crippen molar-refractivity contribution in [3.63, 3.8) is 0 Å². The highest BCUT2D eigenvalue weighted by molar-refractivity contribution is 6.14. The molecular weight excluding hydrogens is 693 g/mol. The predicted octanol–water partition coefficient (Wildman–Crippen LogP) is 11.9. The first-order valence-electron chi connectivity index (χ1n) is 19.0. The summed E-state index contributed by atoms with van der Waals surface area (Å²) in [5.74, 6) is 0.0462. The molecule has 0 fully saturated rings. The lowest BCUT2D eigenvalue weighted by Gasteiger charge is -2.34. The third-order valence-corrected chi connectivity index (χ3v) is 12.2. The van der Waals surface area contributed by atoms with Crippen molar-refractivity contribution in [2.45, 2.75) is 38.5 Å². The lowest BCUT2D eigenvalue weighted by atomic mass is 9.68. The first-order valence-corrected chi connectivity index (χ1v) is 19.0. The zero-order chi connectivity index (χ0) is 38.1. The van der Waals surface area contributed by atoms with Gasteiger partial charge in [0.05, 0.1) is 22.1 Å². The summed E-state index contributed by atoms with van der Waals surface area (Å²) in [4.78, 5) is 28.2. The van der Waals surface area contributed by atoms with E-state index in [4.69, 9.17) is 8.83 Å². The van der Waals surface area contributed by atoms with E-state index >= 15 is 0 Å². The maximum Gasteiger partial charge on any atom is 0.193 e. The minimum absolute atomic E-state index is 0.0231. The molecule has 2 aromatic heterocycles. The zero-order valence-electron chi connectivity index (χ0n) is 31.4. The number of nitrogens with zero attached hydrogens (tertiary/aromatic N) is 2. The summed E-state index contributed by atoms with van der Waals surface area (Å²) >= 11 is 0. The quantitative estimate of drug-likeness (QED) is 0.166. The van der Waals surface area contributed by atoms with Crippen molar-refractivity contribution in [2.24, 2.45) is 0 Å². The van der Waals surface area contributed by atoms with Crippen LogP contribution in [0.1, 0.15) is 81.8 Å². The summed E-state index contributed by atoms with van der Waals surface area (Å²) in [5.41, 5.74) is 13.9. The van der Waals surface area contributed by atoms with E-state index in [0.29, 0.717) is 33.5 Å². The van der Waals surface area contributed by atoms with Crippen LogP contribution in [0, 0.1) is 0 Å². The van der Waals surface area contributed by atoms with E-state index in [1.54, 1.807) is 0 Å². The molecular formula is C50H36N2O4. The zero-order valence-corrected chi connectivity index (χ0v) is 31.4. The van der Waals surface area contributed by atoms with Crippen molar-refractivity contribution in [3.8, 4) is 11.4 Å². The summed E-state index contributed by atoms with van der Waals surface area (Å²) in [7, 11) is 0. The van der Waals surface area contributed by atoms with Gasteiger partial charge >= 0.3 is 0 Å². The SMILES string of the molecule is CC1(C)c2ccccc2C(=O)c2cc(-n3c4ccccc4oc4cc5c(cc43)oc3ccccc3n5-c3ccc4c(c3)C(=O)c3ccccc3C4(C)C)ccc21. The normalized spacial score (nSPS) is 15.1. The van der Waals surface area contributed by atoms with E-state index in [-0.39, 0.29) is 22.4 Å². The number of aromatic nitrogens is 2. The van der Waals surface area contributed by atoms with Gasteiger partial charge in [-0.15, -0.1) is 0 Å². The lowest BCUT2D eigenvalue weighted by Crippen LogP contribution is -2.30. The molecule has 2 aliphatic carbocycles. The number of hydrogen-bond donors (Lipinski definition) is 0.